The number of nitrogens with zero attached hydrogens (tertiary/aromatic N) is 2. The summed E-state index contributed by atoms with van der Waals surface area (Å²) in [5.74, 6) is 0.595. The van der Waals surface area contributed by atoms with Crippen molar-refractivity contribution >= 4 is 29.1 Å². The minimum atomic E-state index is -1.21. The van der Waals surface area contributed by atoms with Gasteiger partial charge in [0.1, 0.15) is 17.6 Å². The van der Waals surface area contributed by atoms with E-state index in [0.29, 0.717) is 17.1 Å². The van der Waals surface area contributed by atoms with Crippen LogP contribution < -0.4 is 19.9 Å². The fourth-order valence-electron chi connectivity index (χ4n) is 5.59. The van der Waals surface area contributed by atoms with E-state index in [-0.39, 0.29) is 30.3 Å². The number of ether oxygens (including phenoxy) is 1. The second-order valence-electron chi connectivity index (χ2n) is 8.19. The molecule has 2 aromatic rings. The molecule has 156 valence electrons. The van der Waals surface area contributed by atoms with Gasteiger partial charge in [-0.2, -0.15) is 0 Å². The molecule has 7 nitrogen and oxygen atoms in total. The molecule has 3 aliphatic rings. The van der Waals surface area contributed by atoms with Gasteiger partial charge in [0.05, 0.1) is 31.1 Å². The van der Waals surface area contributed by atoms with Gasteiger partial charge in [0, 0.05) is 5.56 Å². The van der Waals surface area contributed by atoms with Crippen molar-refractivity contribution in [2.24, 2.45) is 11.8 Å². The summed E-state index contributed by atoms with van der Waals surface area (Å²) in [6.45, 7) is 2.00. The van der Waals surface area contributed by atoms with Crippen molar-refractivity contribution in [3.8, 4) is 18.1 Å². The number of benzene rings is 2. The second-order valence-corrected chi connectivity index (χ2v) is 8.19. The Morgan fingerprint density at radius 3 is 2.45 bits per heavy atom. The predicted octanol–water partition coefficient (Wildman–Crippen LogP) is 0.642. The lowest BCUT2D eigenvalue weighted by Gasteiger charge is -2.27. The maximum Gasteiger partial charge on any atom is 0.295 e. The van der Waals surface area contributed by atoms with Crippen molar-refractivity contribution in [1.82, 2.24) is 0 Å². The van der Waals surface area contributed by atoms with Crippen molar-refractivity contribution in [2.45, 2.75) is 18.5 Å². The predicted molar refractivity (Wildman–Crippen MR) is 113 cm³/mol. The van der Waals surface area contributed by atoms with E-state index in [2.05, 4.69) is 5.92 Å². The van der Waals surface area contributed by atoms with Crippen LogP contribution in [0.5, 0.6) is 5.75 Å². The molecule has 0 bridgehead atoms. The Balaban J connectivity index is 1.68. The summed E-state index contributed by atoms with van der Waals surface area (Å²) in [4.78, 5) is 43.8. The number of anilines is 2. The van der Waals surface area contributed by atoms with Crippen LogP contribution in [-0.2, 0) is 19.9 Å². The molecule has 3 heterocycles. The van der Waals surface area contributed by atoms with E-state index in [9.17, 15) is 14.4 Å². The van der Waals surface area contributed by atoms with Gasteiger partial charge in [0.15, 0.2) is 0 Å². The van der Waals surface area contributed by atoms with Crippen LogP contribution in [0.15, 0.2) is 48.5 Å². The number of para-hydroxylation sites is 3. The van der Waals surface area contributed by atoms with Gasteiger partial charge < -0.3 is 10.1 Å². The molecule has 7 heteroatoms. The maximum atomic E-state index is 13.8. The van der Waals surface area contributed by atoms with Gasteiger partial charge in [-0.1, -0.05) is 36.3 Å². The van der Waals surface area contributed by atoms with E-state index >= 15 is 0 Å². The first kappa shape index (κ1) is 19.3. The lowest BCUT2D eigenvalue weighted by molar-refractivity contribution is -0.730. The molecule has 0 aromatic heterocycles. The average Bonchev–Trinajstić information content (AvgIpc) is 3.32. The zero-order valence-electron chi connectivity index (χ0n) is 17.2. The Labute approximate surface area is 180 Å². The molecule has 0 radical (unpaired) electrons. The molecule has 3 aliphatic heterocycles. The number of hydrogen-bond acceptors (Lipinski definition) is 4. The zero-order valence-corrected chi connectivity index (χ0v) is 17.2. The second kappa shape index (κ2) is 6.69. The normalized spacial score (nSPS) is 28.8. The number of terminal acetylenes is 1. The Kier molecular flexibility index (Phi) is 4.17. The van der Waals surface area contributed by atoms with Crippen molar-refractivity contribution in [3.05, 3.63) is 54.1 Å². The van der Waals surface area contributed by atoms with Crippen molar-refractivity contribution < 1.29 is 24.4 Å². The fraction of sp³-hybridized carbons (Fsp3) is 0.292. The Morgan fingerprint density at radius 1 is 1.06 bits per heavy atom. The minimum absolute atomic E-state index is 0.107. The molecule has 3 amide bonds. The summed E-state index contributed by atoms with van der Waals surface area (Å²) < 4.78 is 5.40. The molecule has 2 N–H and O–H groups in total. The standard InChI is InChI=1S/C24H21N3O4/c1-4-13-26-16-10-6-5-9-15(16)24(23(26)30)20-19(14(2)25-24)21(28)27(22(20)29)17-11-7-8-12-18(17)31-3/h1,5-12,14,19-20,25H,13H2,2-3H3/p+1/t14-,19+,20-,24-/m0/s1. The SMILES string of the molecule is C#CCN1C(=O)[C@]2([NH2+][C@@H](C)[C@H]3C(=O)N(c4ccccc4OC)C(=O)[C@H]32)c2ccccc21. The third-order valence-electron chi connectivity index (χ3n) is 6.75. The van der Waals surface area contributed by atoms with Gasteiger partial charge in [-0.25, -0.2) is 4.90 Å². The molecule has 0 aliphatic carbocycles. The van der Waals surface area contributed by atoms with Gasteiger partial charge in [-0.3, -0.25) is 19.3 Å². The van der Waals surface area contributed by atoms with Crippen LogP contribution in [0, 0.1) is 24.2 Å². The Hall–Kier alpha value is -3.63. The zero-order chi connectivity index (χ0) is 21.9. The number of methoxy groups -OCH3 is 1. The largest absolute Gasteiger partial charge is 0.495 e. The fourth-order valence-corrected chi connectivity index (χ4v) is 5.59. The summed E-state index contributed by atoms with van der Waals surface area (Å²) in [5, 5.41) is 1.88. The van der Waals surface area contributed by atoms with Gasteiger partial charge in [-0.15, -0.1) is 6.42 Å². The molecule has 0 unspecified atom stereocenters. The van der Waals surface area contributed by atoms with Crippen molar-refractivity contribution in [1.29, 1.82) is 0 Å². The summed E-state index contributed by atoms with van der Waals surface area (Å²) in [7, 11) is 1.50. The Morgan fingerprint density at radius 2 is 1.74 bits per heavy atom. The third kappa shape index (κ3) is 2.31. The highest BCUT2D eigenvalue weighted by molar-refractivity contribution is 6.25. The first-order valence-corrected chi connectivity index (χ1v) is 10.2. The summed E-state index contributed by atoms with van der Waals surface area (Å²) in [6, 6.07) is 14.0. The third-order valence-corrected chi connectivity index (χ3v) is 6.75. The molecule has 2 saturated heterocycles. The van der Waals surface area contributed by atoms with Gasteiger partial charge in [0.2, 0.25) is 17.4 Å². The van der Waals surface area contributed by atoms with Gasteiger partial charge >= 0.3 is 0 Å². The van der Waals surface area contributed by atoms with E-state index in [4.69, 9.17) is 11.2 Å². The first-order chi connectivity index (χ1) is 15.0. The number of carbonyl (C=O) groups excluding carboxylic acids is 3. The minimum Gasteiger partial charge on any atom is -0.495 e. The monoisotopic (exact) mass is 416 g/mol. The lowest BCUT2D eigenvalue weighted by Crippen LogP contribution is -2.98. The highest BCUT2D eigenvalue weighted by atomic mass is 16.5. The van der Waals surface area contributed by atoms with Crippen LogP contribution in [0.3, 0.4) is 0 Å². The van der Waals surface area contributed by atoms with E-state index in [1.165, 1.54) is 12.0 Å². The maximum absolute atomic E-state index is 13.8. The number of amides is 3. The van der Waals surface area contributed by atoms with Crippen LogP contribution in [0.1, 0.15) is 12.5 Å². The van der Waals surface area contributed by atoms with Crippen LogP contribution >= 0.6 is 0 Å². The summed E-state index contributed by atoms with van der Waals surface area (Å²) in [5.41, 5.74) is 0.625. The molecule has 31 heavy (non-hydrogen) atoms. The number of carbonyl (C=O) groups is 3. The van der Waals surface area contributed by atoms with E-state index in [1.54, 1.807) is 29.2 Å². The highest BCUT2D eigenvalue weighted by Crippen LogP contribution is 2.52. The number of imide groups is 1. The number of quaternary nitrogens is 1. The van der Waals surface area contributed by atoms with Crippen molar-refractivity contribution in [3.63, 3.8) is 0 Å². The molecular formula is C24H22N3O4+. The number of rotatable bonds is 3. The first-order valence-electron chi connectivity index (χ1n) is 10.2. The Bertz CT molecular complexity index is 1170. The van der Waals surface area contributed by atoms with Crippen LogP contribution in [0.4, 0.5) is 11.4 Å². The highest BCUT2D eigenvalue weighted by Gasteiger charge is 2.74. The molecular weight excluding hydrogens is 394 g/mol. The van der Waals surface area contributed by atoms with E-state index in [1.807, 2.05) is 36.5 Å². The van der Waals surface area contributed by atoms with Crippen LogP contribution in [0.25, 0.3) is 0 Å². The van der Waals surface area contributed by atoms with Crippen LogP contribution in [-0.4, -0.2) is 37.4 Å². The number of fused-ring (bicyclic) bond motifs is 4. The summed E-state index contributed by atoms with van der Waals surface area (Å²) in [6.07, 6.45) is 5.53. The quantitative estimate of drug-likeness (QED) is 0.588. The number of nitrogens with two attached hydrogens (primary N) is 1. The van der Waals surface area contributed by atoms with E-state index < -0.39 is 17.4 Å². The summed E-state index contributed by atoms with van der Waals surface area (Å²) >= 11 is 0. The molecule has 0 saturated carbocycles. The topological polar surface area (TPSA) is 83.5 Å². The number of hydrogen-bond donors (Lipinski definition) is 1. The van der Waals surface area contributed by atoms with Crippen LogP contribution in [0.2, 0.25) is 0 Å². The van der Waals surface area contributed by atoms with Gasteiger partial charge in [0.25, 0.3) is 5.91 Å². The lowest BCUT2D eigenvalue weighted by atomic mass is 9.76. The average molecular weight is 416 g/mol. The molecule has 2 fully saturated rings. The smallest absolute Gasteiger partial charge is 0.295 e. The molecule has 5 rings (SSSR count). The molecule has 2 aromatic carbocycles. The van der Waals surface area contributed by atoms with Gasteiger partial charge in [-0.05, 0) is 25.1 Å². The van der Waals surface area contributed by atoms with E-state index in [0.717, 1.165) is 5.56 Å². The van der Waals surface area contributed by atoms with Crippen molar-refractivity contribution in [2.75, 3.05) is 23.5 Å². The molecule has 4 atom stereocenters. The molecule has 1 spiro atoms.